The average molecular weight is 328 g/mol. The van der Waals surface area contributed by atoms with Crippen molar-refractivity contribution in [3.8, 4) is 11.1 Å². The van der Waals surface area contributed by atoms with E-state index in [0.717, 1.165) is 16.7 Å². The van der Waals surface area contributed by atoms with E-state index in [9.17, 15) is 4.57 Å². The Morgan fingerprint density at radius 3 is 2.24 bits per heavy atom. The van der Waals surface area contributed by atoms with Gasteiger partial charge in [-0.1, -0.05) is 23.7 Å². The molecular weight excluding hydrogens is 309 g/mol. The van der Waals surface area contributed by atoms with E-state index in [0.29, 0.717) is 23.7 Å². The summed E-state index contributed by atoms with van der Waals surface area (Å²) < 4.78 is 23.8. The highest BCUT2D eigenvalue weighted by atomic mass is 35.5. The van der Waals surface area contributed by atoms with Crippen LogP contribution >= 0.6 is 19.2 Å². The Balaban J connectivity index is 2.55. The molecule has 0 radical (unpaired) electrons. The molecule has 0 amide bonds. The van der Waals surface area contributed by atoms with E-state index in [1.54, 1.807) is 26.0 Å². The quantitative estimate of drug-likeness (QED) is 0.793. The fourth-order valence-corrected chi connectivity index (χ4v) is 4.15. The second kappa shape index (κ2) is 6.80. The third-order valence-electron chi connectivity index (χ3n) is 3.06. The molecule has 1 N–H and O–H groups in total. The first-order chi connectivity index (χ1) is 10.0. The van der Waals surface area contributed by atoms with Gasteiger partial charge in [0.05, 0.1) is 13.2 Å². The summed E-state index contributed by atoms with van der Waals surface area (Å²) >= 11 is 5.93. The van der Waals surface area contributed by atoms with Crippen molar-refractivity contribution >= 4 is 24.6 Å². The molecule has 0 atom stereocenters. The summed E-state index contributed by atoms with van der Waals surface area (Å²) in [4.78, 5) is 3.05. The van der Waals surface area contributed by atoms with Crippen molar-refractivity contribution in [1.82, 2.24) is 4.98 Å². The second-order valence-electron chi connectivity index (χ2n) is 4.54. The fraction of sp³-hybridized carbons (Fsp3) is 0.333. The van der Waals surface area contributed by atoms with Gasteiger partial charge in [-0.25, -0.2) is 0 Å². The number of aromatic amines is 1. The molecule has 0 unspecified atom stereocenters. The largest absolute Gasteiger partial charge is 0.378 e. The van der Waals surface area contributed by atoms with Crippen molar-refractivity contribution in [2.24, 2.45) is 0 Å². The number of benzene rings is 1. The number of aryl methyl sites for hydroxylation is 1. The van der Waals surface area contributed by atoms with E-state index in [2.05, 4.69) is 4.98 Å². The van der Waals surface area contributed by atoms with Crippen LogP contribution in [0.3, 0.4) is 0 Å². The first kappa shape index (κ1) is 16.3. The zero-order chi connectivity index (χ0) is 15.5. The van der Waals surface area contributed by atoms with Crippen molar-refractivity contribution in [3.63, 3.8) is 0 Å². The molecule has 0 aliphatic carbocycles. The second-order valence-corrected chi connectivity index (χ2v) is 6.93. The monoisotopic (exact) mass is 327 g/mol. The van der Waals surface area contributed by atoms with E-state index >= 15 is 0 Å². The van der Waals surface area contributed by atoms with Gasteiger partial charge in [0.25, 0.3) is 0 Å². The molecule has 0 bridgehead atoms. The van der Waals surface area contributed by atoms with Gasteiger partial charge in [0.15, 0.2) is 0 Å². The third kappa shape index (κ3) is 3.41. The molecule has 1 heterocycles. The highest BCUT2D eigenvalue weighted by Crippen LogP contribution is 2.49. The summed E-state index contributed by atoms with van der Waals surface area (Å²) in [6, 6.07) is 7.40. The zero-order valence-electron chi connectivity index (χ0n) is 12.4. The lowest BCUT2D eigenvalue weighted by Crippen LogP contribution is -2.14. The number of rotatable bonds is 6. The molecule has 0 saturated heterocycles. The molecule has 114 valence electrons. The van der Waals surface area contributed by atoms with Gasteiger partial charge >= 0.3 is 7.60 Å². The molecule has 0 aliphatic heterocycles. The first-order valence-corrected chi connectivity index (χ1v) is 8.77. The van der Waals surface area contributed by atoms with Crippen LogP contribution < -0.4 is 5.44 Å². The molecule has 1 aromatic heterocycles. The van der Waals surface area contributed by atoms with Gasteiger partial charge in [-0.3, -0.25) is 4.57 Å². The van der Waals surface area contributed by atoms with Crippen LogP contribution in [0, 0.1) is 6.92 Å². The smallest absolute Gasteiger partial charge is 0.354 e. The Bertz CT molecular complexity index is 641. The van der Waals surface area contributed by atoms with Gasteiger partial charge in [0.1, 0.15) is 5.44 Å². The number of aromatic nitrogens is 1. The van der Waals surface area contributed by atoms with E-state index in [1.807, 2.05) is 25.3 Å². The minimum Gasteiger partial charge on any atom is -0.354 e. The molecule has 21 heavy (non-hydrogen) atoms. The normalized spacial score (nSPS) is 11.8. The van der Waals surface area contributed by atoms with Gasteiger partial charge in [0.2, 0.25) is 0 Å². The fourth-order valence-electron chi connectivity index (χ4n) is 2.21. The molecule has 2 aromatic rings. The van der Waals surface area contributed by atoms with Gasteiger partial charge in [0, 0.05) is 16.8 Å². The van der Waals surface area contributed by atoms with Gasteiger partial charge < -0.3 is 14.0 Å². The molecule has 1 aromatic carbocycles. The number of hydrogen-bond donors (Lipinski definition) is 1. The Hall–Kier alpha value is -1.06. The lowest BCUT2D eigenvalue weighted by Gasteiger charge is -2.18. The van der Waals surface area contributed by atoms with E-state index < -0.39 is 7.60 Å². The average Bonchev–Trinajstić information content (AvgIpc) is 2.83. The van der Waals surface area contributed by atoms with Crippen LogP contribution in [0.4, 0.5) is 0 Å². The molecule has 0 fully saturated rings. The van der Waals surface area contributed by atoms with Crippen LogP contribution in [0.2, 0.25) is 5.02 Å². The van der Waals surface area contributed by atoms with Crippen LogP contribution in [-0.2, 0) is 13.6 Å². The summed E-state index contributed by atoms with van der Waals surface area (Å²) in [5.41, 5.74) is 3.24. The lowest BCUT2D eigenvalue weighted by atomic mass is 10.1. The van der Waals surface area contributed by atoms with Crippen molar-refractivity contribution < 1.29 is 13.6 Å². The van der Waals surface area contributed by atoms with Crippen molar-refractivity contribution in [1.29, 1.82) is 0 Å². The lowest BCUT2D eigenvalue weighted by molar-refractivity contribution is 0.229. The minimum absolute atomic E-state index is 0.315. The molecule has 6 heteroatoms. The number of halogens is 1. The Morgan fingerprint density at radius 2 is 1.71 bits per heavy atom. The zero-order valence-corrected chi connectivity index (χ0v) is 14.0. The van der Waals surface area contributed by atoms with Crippen molar-refractivity contribution in [3.05, 3.63) is 41.0 Å². The number of nitrogens with one attached hydrogen (secondary N) is 1. The van der Waals surface area contributed by atoms with Gasteiger partial charge in [-0.15, -0.1) is 0 Å². The van der Waals surface area contributed by atoms with E-state index in [1.165, 1.54) is 0 Å². The maximum atomic E-state index is 13.0. The molecule has 2 rings (SSSR count). The summed E-state index contributed by atoms with van der Waals surface area (Å²) in [5.74, 6) is 0. The van der Waals surface area contributed by atoms with Crippen LogP contribution in [-0.4, -0.2) is 18.2 Å². The highest BCUT2D eigenvalue weighted by molar-refractivity contribution is 7.62. The van der Waals surface area contributed by atoms with Crippen molar-refractivity contribution in [2.45, 2.75) is 20.8 Å². The molecule has 0 spiro atoms. The maximum Gasteiger partial charge on any atom is 0.378 e. The van der Waals surface area contributed by atoms with Crippen LogP contribution in [0.25, 0.3) is 11.1 Å². The van der Waals surface area contributed by atoms with Gasteiger partial charge in [-0.2, -0.15) is 0 Å². The molecular formula is C15H19ClNO3P. The minimum atomic E-state index is -3.35. The topological polar surface area (TPSA) is 51.3 Å². The molecule has 0 aliphatic rings. The summed E-state index contributed by atoms with van der Waals surface area (Å²) in [6.07, 6.45) is 1.81. The highest BCUT2D eigenvalue weighted by Gasteiger charge is 2.32. The SMILES string of the molecule is CCOP(=O)(OCC)c1[nH]cc(C)c1-c1ccc(Cl)cc1. The number of H-pyrrole nitrogens is 1. The standard InChI is InChI=1S/C15H19ClNO3P/c1-4-19-21(18,20-5-2)15-14(11(3)10-17-15)12-6-8-13(16)9-7-12/h6-10,17H,4-5H2,1-3H3. The van der Waals surface area contributed by atoms with Crippen LogP contribution in [0.15, 0.2) is 30.5 Å². The van der Waals surface area contributed by atoms with E-state index in [-0.39, 0.29) is 0 Å². The molecule has 4 nitrogen and oxygen atoms in total. The van der Waals surface area contributed by atoms with Gasteiger partial charge in [-0.05, 0) is 44.0 Å². The predicted octanol–water partition coefficient (Wildman–Crippen LogP) is 4.53. The van der Waals surface area contributed by atoms with E-state index in [4.69, 9.17) is 20.6 Å². The summed E-state index contributed by atoms with van der Waals surface area (Å²) in [6.45, 7) is 6.17. The van der Waals surface area contributed by atoms with Crippen LogP contribution in [0.1, 0.15) is 19.4 Å². The van der Waals surface area contributed by atoms with Crippen LogP contribution in [0.5, 0.6) is 0 Å². The Morgan fingerprint density at radius 1 is 1.14 bits per heavy atom. The number of hydrogen-bond acceptors (Lipinski definition) is 3. The molecule has 0 saturated carbocycles. The third-order valence-corrected chi connectivity index (χ3v) is 5.41. The maximum absolute atomic E-state index is 13.0. The summed E-state index contributed by atoms with van der Waals surface area (Å²) in [5, 5.41) is 0.659. The summed E-state index contributed by atoms with van der Waals surface area (Å²) in [7, 11) is -3.35. The Labute approximate surface area is 130 Å². The Kier molecular flexibility index (Phi) is 5.28. The first-order valence-electron chi connectivity index (χ1n) is 6.85. The predicted molar refractivity (Wildman–Crippen MR) is 86.5 cm³/mol. The van der Waals surface area contributed by atoms with Crippen molar-refractivity contribution in [2.75, 3.05) is 13.2 Å².